The van der Waals surface area contributed by atoms with E-state index in [1.807, 2.05) is 24.3 Å². The lowest BCUT2D eigenvalue weighted by atomic mass is 10.1. The Kier molecular flexibility index (Phi) is 2.78. The van der Waals surface area contributed by atoms with Gasteiger partial charge >= 0.3 is 5.69 Å². The van der Waals surface area contributed by atoms with Gasteiger partial charge in [0.1, 0.15) is 11.0 Å². The SMILES string of the molecule is Cn1c(=O)c2c3nc4ccccc4cc3c(=O)n(C)c2n(C)c1=O. The van der Waals surface area contributed by atoms with Crippen LogP contribution in [0.2, 0.25) is 0 Å². The highest BCUT2D eigenvalue weighted by Gasteiger charge is 2.18. The van der Waals surface area contributed by atoms with Crippen LogP contribution in [0.5, 0.6) is 0 Å². The Bertz CT molecular complexity index is 1340. The lowest BCUT2D eigenvalue weighted by molar-refractivity contribution is 0.691. The van der Waals surface area contributed by atoms with Crippen molar-refractivity contribution < 1.29 is 0 Å². The Balaban J connectivity index is 2.47. The Morgan fingerprint density at radius 1 is 0.875 bits per heavy atom. The van der Waals surface area contributed by atoms with Gasteiger partial charge in [-0.2, -0.15) is 0 Å². The number of hydrogen-bond acceptors (Lipinski definition) is 4. The van der Waals surface area contributed by atoms with Crippen LogP contribution in [-0.2, 0) is 21.1 Å². The van der Waals surface area contributed by atoms with Crippen LogP contribution >= 0.6 is 0 Å². The van der Waals surface area contributed by atoms with Crippen molar-refractivity contribution in [2.24, 2.45) is 21.1 Å². The molecule has 3 aromatic heterocycles. The maximum atomic E-state index is 12.7. The average molecular weight is 322 g/mol. The topological polar surface area (TPSA) is 78.9 Å². The maximum Gasteiger partial charge on any atom is 0.332 e. The molecule has 4 rings (SSSR count). The Hall–Kier alpha value is -3.22. The molecule has 24 heavy (non-hydrogen) atoms. The van der Waals surface area contributed by atoms with Crippen LogP contribution in [0.25, 0.3) is 32.8 Å². The van der Waals surface area contributed by atoms with Crippen molar-refractivity contribution in [2.45, 2.75) is 0 Å². The number of hydrogen-bond donors (Lipinski definition) is 0. The summed E-state index contributed by atoms with van der Waals surface area (Å²) in [5.74, 6) is 0. The van der Waals surface area contributed by atoms with Gasteiger partial charge in [-0.05, 0) is 12.1 Å². The van der Waals surface area contributed by atoms with E-state index >= 15 is 0 Å². The van der Waals surface area contributed by atoms with Gasteiger partial charge in [0.25, 0.3) is 11.1 Å². The van der Waals surface area contributed by atoms with Crippen LogP contribution in [0.1, 0.15) is 0 Å². The number of para-hydroxylation sites is 1. The van der Waals surface area contributed by atoms with Crippen molar-refractivity contribution in [3.8, 4) is 0 Å². The van der Waals surface area contributed by atoms with E-state index in [0.717, 1.165) is 9.95 Å². The first-order chi connectivity index (χ1) is 11.4. The summed E-state index contributed by atoms with van der Waals surface area (Å²) in [4.78, 5) is 42.2. The van der Waals surface area contributed by atoms with E-state index < -0.39 is 11.2 Å². The summed E-state index contributed by atoms with van der Waals surface area (Å²) in [5, 5.41) is 1.45. The average Bonchev–Trinajstić information content (AvgIpc) is 2.59. The van der Waals surface area contributed by atoms with Crippen molar-refractivity contribution in [3.05, 3.63) is 61.5 Å². The van der Waals surface area contributed by atoms with Gasteiger partial charge in [0.05, 0.1) is 16.4 Å². The van der Waals surface area contributed by atoms with Crippen LogP contribution in [0, 0.1) is 0 Å². The fourth-order valence-corrected chi connectivity index (χ4v) is 3.18. The second kappa shape index (κ2) is 4.64. The monoisotopic (exact) mass is 322 g/mol. The Morgan fingerprint density at radius 3 is 2.33 bits per heavy atom. The number of aromatic nitrogens is 4. The van der Waals surface area contributed by atoms with Crippen molar-refractivity contribution in [1.29, 1.82) is 0 Å². The summed E-state index contributed by atoms with van der Waals surface area (Å²) in [5.41, 5.74) is 0.0416. The molecule has 1 aromatic carbocycles. The molecular weight excluding hydrogens is 308 g/mol. The Labute approximate surface area is 135 Å². The number of benzene rings is 1. The molecule has 7 nitrogen and oxygen atoms in total. The highest BCUT2D eigenvalue weighted by molar-refractivity contribution is 6.05. The van der Waals surface area contributed by atoms with Gasteiger partial charge in [0, 0.05) is 26.5 Å². The molecule has 0 spiro atoms. The molecule has 0 unspecified atom stereocenters. The predicted molar refractivity (Wildman–Crippen MR) is 92.5 cm³/mol. The van der Waals surface area contributed by atoms with Gasteiger partial charge < -0.3 is 0 Å². The van der Waals surface area contributed by atoms with E-state index in [2.05, 4.69) is 4.98 Å². The fourth-order valence-electron chi connectivity index (χ4n) is 3.18. The first-order valence-electron chi connectivity index (χ1n) is 7.40. The van der Waals surface area contributed by atoms with E-state index in [9.17, 15) is 14.4 Å². The number of nitrogens with zero attached hydrogens (tertiary/aromatic N) is 4. The predicted octanol–water partition coefficient (Wildman–Crippen LogP) is 0.637. The molecule has 0 aliphatic rings. The molecule has 0 N–H and O–H groups in total. The van der Waals surface area contributed by atoms with Gasteiger partial charge in [-0.3, -0.25) is 23.3 Å². The smallest absolute Gasteiger partial charge is 0.296 e. The molecular formula is C17H14N4O3. The molecule has 120 valence electrons. The van der Waals surface area contributed by atoms with Crippen molar-refractivity contribution in [2.75, 3.05) is 0 Å². The molecule has 0 saturated carbocycles. The summed E-state index contributed by atoms with van der Waals surface area (Å²) in [6.07, 6.45) is 0. The third-order valence-corrected chi connectivity index (χ3v) is 4.45. The van der Waals surface area contributed by atoms with Crippen molar-refractivity contribution >= 4 is 32.8 Å². The van der Waals surface area contributed by atoms with Gasteiger partial charge in [-0.15, -0.1) is 0 Å². The van der Waals surface area contributed by atoms with Crippen LogP contribution < -0.4 is 16.8 Å². The van der Waals surface area contributed by atoms with E-state index in [1.165, 1.54) is 23.2 Å². The number of rotatable bonds is 0. The summed E-state index contributed by atoms with van der Waals surface area (Å²) >= 11 is 0. The van der Waals surface area contributed by atoms with Crippen LogP contribution in [-0.4, -0.2) is 18.7 Å². The summed E-state index contributed by atoms with van der Waals surface area (Å²) in [6, 6.07) is 9.14. The molecule has 0 atom stereocenters. The maximum absolute atomic E-state index is 12.7. The molecule has 0 saturated heterocycles. The van der Waals surface area contributed by atoms with Gasteiger partial charge in [-0.25, -0.2) is 9.78 Å². The minimum Gasteiger partial charge on any atom is -0.296 e. The number of pyridine rings is 2. The van der Waals surface area contributed by atoms with E-state index in [4.69, 9.17) is 0 Å². The van der Waals surface area contributed by atoms with E-state index in [1.54, 1.807) is 13.1 Å². The van der Waals surface area contributed by atoms with Gasteiger partial charge in [0.2, 0.25) is 0 Å². The van der Waals surface area contributed by atoms with Crippen LogP contribution in [0.3, 0.4) is 0 Å². The molecule has 0 bridgehead atoms. The standard InChI is InChI=1S/C17H14N4O3/c1-19-14-12(16(23)21(3)17(24)20(14)2)13-10(15(19)22)8-9-6-4-5-7-11(9)18-13/h4-8H,1-3H3. The van der Waals surface area contributed by atoms with E-state index in [0.29, 0.717) is 16.4 Å². The zero-order valence-electron chi connectivity index (χ0n) is 13.4. The fraction of sp³-hybridized carbons (Fsp3) is 0.176. The highest BCUT2D eigenvalue weighted by Crippen LogP contribution is 2.21. The molecule has 0 aliphatic heterocycles. The first-order valence-corrected chi connectivity index (χ1v) is 7.40. The Morgan fingerprint density at radius 2 is 1.58 bits per heavy atom. The number of aryl methyl sites for hydroxylation is 2. The largest absolute Gasteiger partial charge is 0.332 e. The zero-order valence-corrected chi connectivity index (χ0v) is 13.4. The van der Waals surface area contributed by atoms with Crippen molar-refractivity contribution in [1.82, 2.24) is 18.7 Å². The van der Waals surface area contributed by atoms with Gasteiger partial charge in [0.15, 0.2) is 0 Å². The molecule has 0 fully saturated rings. The third kappa shape index (κ3) is 1.66. The lowest BCUT2D eigenvalue weighted by Crippen LogP contribution is -2.39. The molecule has 0 aliphatic carbocycles. The number of fused-ring (bicyclic) bond motifs is 4. The molecule has 7 heteroatoms. The van der Waals surface area contributed by atoms with Crippen LogP contribution in [0.15, 0.2) is 44.7 Å². The minimum absolute atomic E-state index is 0.266. The van der Waals surface area contributed by atoms with Gasteiger partial charge in [-0.1, -0.05) is 18.2 Å². The zero-order chi connectivity index (χ0) is 17.2. The summed E-state index contributed by atoms with van der Waals surface area (Å²) in [7, 11) is 4.51. The van der Waals surface area contributed by atoms with Crippen molar-refractivity contribution in [3.63, 3.8) is 0 Å². The normalized spacial score (nSPS) is 11.6. The molecule has 0 amide bonds. The first kappa shape index (κ1) is 14.4. The third-order valence-electron chi connectivity index (χ3n) is 4.45. The second-order valence-electron chi connectivity index (χ2n) is 5.85. The second-order valence-corrected chi connectivity index (χ2v) is 5.85. The van der Waals surface area contributed by atoms with Crippen LogP contribution in [0.4, 0.5) is 0 Å². The molecule has 4 aromatic rings. The quantitative estimate of drug-likeness (QED) is 0.351. The summed E-state index contributed by atoms with van der Waals surface area (Å²) in [6.45, 7) is 0. The van der Waals surface area contributed by atoms with E-state index in [-0.39, 0.29) is 16.6 Å². The minimum atomic E-state index is -0.484. The summed E-state index contributed by atoms with van der Waals surface area (Å²) < 4.78 is 3.66. The lowest BCUT2D eigenvalue weighted by Gasteiger charge is -2.13. The molecule has 3 heterocycles. The molecule has 0 radical (unpaired) electrons. The highest BCUT2D eigenvalue weighted by atomic mass is 16.2.